The van der Waals surface area contributed by atoms with Crippen molar-refractivity contribution in [2.45, 2.75) is 25.7 Å². The van der Waals surface area contributed by atoms with Gasteiger partial charge >= 0.3 is 0 Å². The number of ether oxygens (including phenoxy) is 2. The normalized spacial score (nSPS) is 14.1. The van der Waals surface area contributed by atoms with Crippen LogP contribution in [0.25, 0.3) is 0 Å². The molecule has 2 aromatic rings. The number of carbonyl (C=O) groups is 2. The molecule has 3 rings (SSSR count). The zero-order valence-electron chi connectivity index (χ0n) is 16.2. The molecule has 1 saturated heterocycles. The fourth-order valence-electron chi connectivity index (χ4n) is 3.20. The molecule has 7 nitrogen and oxygen atoms in total. The summed E-state index contributed by atoms with van der Waals surface area (Å²) in [7, 11) is 3.08. The van der Waals surface area contributed by atoms with Gasteiger partial charge in [-0.1, -0.05) is 18.9 Å². The molecule has 1 N–H and O–H groups in total. The third kappa shape index (κ3) is 4.60. The first-order valence-corrected chi connectivity index (χ1v) is 9.42. The average molecular weight is 383 g/mol. The maximum atomic E-state index is 12.8. The molecule has 0 radical (unpaired) electrons. The minimum Gasteiger partial charge on any atom is -0.497 e. The SMILES string of the molecule is COc1ccc(NC(=O)c2cccc(C(=O)N3CCCCCC3)n2)c(OC)c1. The van der Waals surface area contributed by atoms with Gasteiger partial charge in [-0.05, 0) is 37.1 Å². The Balaban J connectivity index is 1.76. The van der Waals surface area contributed by atoms with Crippen LogP contribution in [0.1, 0.15) is 46.7 Å². The van der Waals surface area contributed by atoms with Gasteiger partial charge in [-0.25, -0.2) is 4.98 Å². The molecule has 2 amide bonds. The van der Waals surface area contributed by atoms with Gasteiger partial charge in [-0.15, -0.1) is 0 Å². The molecule has 1 aromatic heterocycles. The lowest BCUT2D eigenvalue weighted by molar-refractivity contribution is 0.0755. The van der Waals surface area contributed by atoms with E-state index in [0.29, 0.717) is 17.2 Å². The van der Waals surface area contributed by atoms with E-state index < -0.39 is 5.91 Å². The Kier molecular flexibility index (Phi) is 6.47. The second kappa shape index (κ2) is 9.21. The van der Waals surface area contributed by atoms with Crippen molar-refractivity contribution in [3.05, 3.63) is 47.8 Å². The number of hydrogen-bond donors (Lipinski definition) is 1. The van der Waals surface area contributed by atoms with Crippen molar-refractivity contribution in [2.24, 2.45) is 0 Å². The first-order chi connectivity index (χ1) is 13.6. The Morgan fingerprint density at radius 1 is 0.964 bits per heavy atom. The van der Waals surface area contributed by atoms with Crippen molar-refractivity contribution in [1.29, 1.82) is 0 Å². The van der Waals surface area contributed by atoms with E-state index >= 15 is 0 Å². The van der Waals surface area contributed by atoms with Crippen LogP contribution in [-0.2, 0) is 0 Å². The number of amides is 2. The van der Waals surface area contributed by atoms with Crippen molar-refractivity contribution in [3.63, 3.8) is 0 Å². The van der Waals surface area contributed by atoms with Crippen molar-refractivity contribution in [1.82, 2.24) is 9.88 Å². The van der Waals surface area contributed by atoms with Crippen LogP contribution in [0.3, 0.4) is 0 Å². The topological polar surface area (TPSA) is 80.8 Å². The van der Waals surface area contributed by atoms with Crippen LogP contribution in [-0.4, -0.2) is 49.0 Å². The molecule has 1 aliphatic rings. The molecular formula is C21H25N3O4. The van der Waals surface area contributed by atoms with Crippen molar-refractivity contribution >= 4 is 17.5 Å². The minimum atomic E-state index is -0.408. The van der Waals surface area contributed by atoms with E-state index in [2.05, 4.69) is 10.3 Å². The van der Waals surface area contributed by atoms with E-state index in [-0.39, 0.29) is 17.3 Å². The average Bonchev–Trinajstić information content (AvgIpc) is 3.03. The summed E-state index contributed by atoms with van der Waals surface area (Å²) in [5.74, 6) is 0.565. The van der Waals surface area contributed by atoms with E-state index in [1.807, 2.05) is 4.90 Å². The van der Waals surface area contributed by atoms with Gasteiger partial charge in [0.2, 0.25) is 0 Å². The lowest BCUT2D eigenvalue weighted by Crippen LogP contribution is -2.32. The second-order valence-corrected chi connectivity index (χ2v) is 6.63. The fourth-order valence-corrected chi connectivity index (χ4v) is 3.20. The lowest BCUT2D eigenvalue weighted by atomic mass is 10.2. The molecule has 28 heavy (non-hydrogen) atoms. The van der Waals surface area contributed by atoms with E-state index in [0.717, 1.165) is 38.8 Å². The number of nitrogens with zero attached hydrogens (tertiary/aromatic N) is 2. The fraction of sp³-hybridized carbons (Fsp3) is 0.381. The van der Waals surface area contributed by atoms with Crippen molar-refractivity contribution in [2.75, 3.05) is 32.6 Å². The Bertz CT molecular complexity index is 845. The predicted molar refractivity (Wildman–Crippen MR) is 106 cm³/mol. The summed E-state index contributed by atoms with van der Waals surface area (Å²) in [5, 5.41) is 2.78. The number of aromatic nitrogens is 1. The summed E-state index contributed by atoms with van der Waals surface area (Å²) < 4.78 is 10.5. The molecule has 1 aromatic carbocycles. The number of hydrogen-bond acceptors (Lipinski definition) is 5. The number of carbonyl (C=O) groups excluding carboxylic acids is 2. The van der Waals surface area contributed by atoms with Crippen molar-refractivity contribution in [3.8, 4) is 11.5 Å². The van der Waals surface area contributed by atoms with Crippen LogP contribution < -0.4 is 14.8 Å². The Labute approximate surface area is 164 Å². The van der Waals surface area contributed by atoms with Gasteiger partial charge in [0.15, 0.2) is 0 Å². The van der Waals surface area contributed by atoms with Crippen LogP contribution in [0.2, 0.25) is 0 Å². The van der Waals surface area contributed by atoms with E-state index in [9.17, 15) is 9.59 Å². The second-order valence-electron chi connectivity index (χ2n) is 6.63. The summed E-state index contributed by atoms with van der Waals surface area (Å²) >= 11 is 0. The number of nitrogens with one attached hydrogen (secondary N) is 1. The predicted octanol–water partition coefficient (Wildman–Crippen LogP) is 3.37. The highest BCUT2D eigenvalue weighted by atomic mass is 16.5. The molecule has 0 bridgehead atoms. The highest BCUT2D eigenvalue weighted by Crippen LogP contribution is 2.29. The monoisotopic (exact) mass is 383 g/mol. The van der Waals surface area contributed by atoms with Crippen LogP contribution >= 0.6 is 0 Å². The number of likely N-dealkylation sites (tertiary alicyclic amines) is 1. The van der Waals surface area contributed by atoms with Gasteiger partial charge in [-0.3, -0.25) is 9.59 Å². The van der Waals surface area contributed by atoms with Crippen molar-refractivity contribution < 1.29 is 19.1 Å². The summed E-state index contributed by atoms with van der Waals surface area (Å²) in [6.45, 7) is 1.47. The molecule has 0 atom stereocenters. The molecule has 0 saturated carbocycles. The van der Waals surface area contributed by atoms with E-state index in [1.165, 1.54) is 7.11 Å². The number of anilines is 1. The number of rotatable bonds is 5. The summed E-state index contributed by atoms with van der Waals surface area (Å²) in [4.78, 5) is 31.5. The molecule has 0 unspecified atom stereocenters. The lowest BCUT2D eigenvalue weighted by Gasteiger charge is -2.19. The minimum absolute atomic E-state index is 0.126. The van der Waals surface area contributed by atoms with Crippen LogP contribution in [0.15, 0.2) is 36.4 Å². The first-order valence-electron chi connectivity index (χ1n) is 9.42. The third-order valence-electron chi connectivity index (χ3n) is 4.75. The molecule has 0 aliphatic carbocycles. The number of methoxy groups -OCH3 is 2. The van der Waals surface area contributed by atoms with Gasteiger partial charge in [0.05, 0.1) is 19.9 Å². The molecule has 148 valence electrons. The zero-order chi connectivity index (χ0) is 19.9. The highest BCUT2D eigenvalue weighted by molar-refractivity contribution is 6.04. The Morgan fingerprint density at radius 2 is 1.68 bits per heavy atom. The quantitative estimate of drug-likeness (QED) is 0.856. The molecule has 7 heteroatoms. The van der Waals surface area contributed by atoms with Crippen LogP contribution in [0, 0.1) is 0 Å². The first kappa shape index (κ1) is 19.7. The standard InChI is InChI=1S/C21H25N3O4/c1-27-15-10-11-16(19(14-15)28-2)23-20(25)17-8-7-9-18(22-17)21(26)24-12-5-3-4-6-13-24/h7-11,14H,3-6,12-13H2,1-2H3,(H,23,25). The largest absolute Gasteiger partial charge is 0.497 e. The molecule has 0 spiro atoms. The van der Waals surface area contributed by atoms with Gasteiger partial charge in [0.1, 0.15) is 22.9 Å². The van der Waals surface area contributed by atoms with Crippen LogP contribution in [0.5, 0.6) is 11.5 Å². The highest BCUT2D eigenvalue weighted by Gasteiger charge is 2.20. The summed E-state index contributed by atoms with van der Waals surface area (Å²) in [5.41, 5.74) is 0.967. The van der Waals surface area contributed by atoms with Gasteiger partial charge in [-0.2, -0.15) is 0 Å². The van der Waals surface area contributed by atoms with Gasteiger partial charge in [0, 0.05) is 19.2 Å². The third-order valence-corrected chi connectivity index (χ3v) is 4.75. The maximum Gasteiger partial charge on any atom is 0.274 e. The molecule has 2 heterocycles. The molecular weight excluding hydrogens is 358 g/mol. The Morgan fingerprint density at radius 3 is 2.36 bits per heavy atom. The summed E-state index contributed by atoms with van der Waals surface area (Å²) in [6, 6.07) is 10.0. The molecule has 1 fully saturated rings. The maximum absolute atomic E-state index is 12.8. The van der Waals surface area contributed by atoms with E-state index in [1.54, 1.807) is 43.5 Å². The number of benzene rings is 1. The van der Waals surface area contributed by atoms with Crippen LogP contribution in [0.4, 0.5) is 5.69 Å². The zero-order valence-corrected chi connectivity index (χ0v) is 16.2. The summed E-state index contributed by atoms with van der Waals surface area (Å²) in [6.07, 6.45) is 4.29. The van der Waals surface area contributed by atoms with E-state index in [4.69, 9.17) is 9.47 Å². The number of pyridine rings is 1. The smallest absolute Gasteiger partial charge is 0.274 e. The van der Waals surface area contributed by atoms with Gasteiger partial charge < -0.3 is 19.7 Å². The Hall–Kier alpha value is -3.09. The molecule has 1 aliphatic heterocycles. The van der Waals surface area contributed by atoms with Gasteiger partial charge in [0.25, 0.3) is 11.8 Å².